The van der Waals surface area contributed by atoms with Crippen LogP contribution in [0.3, 0.4) is 0 Å². The monoisotopic (exact) mass is 421 g/mol. The number of quaternary nitrogens is 1. The van der Waals surface area contributed by atoms with Crippen molar-refractivity contribution in [2.45, 2.75) is 18.7 Å². The second kappa shape index (κ2) is 8.05. The fraction of sp³-hybridized carbons (Fsp3) is 0.421. The summed E-state index contributed by atoms with van der Waals surface area (Å²) in [6.45, 7) is 8.58. The molecule has 0 bridgehead atoms. The zero-order valence-electron chi connectivity index (χ0n) is 16.6. The summed E-state index contributed by atoms with van der Waals surface area (Å²) in [6.07, 6.45) is 1.39. The van der Waals surface area contributed by atoms with E-state index in [1.165, 1.54) is 10.4 Å². The third kappa shape index (κ3) is 3.96. The smallest absolute Gasteiger partial charge is 0.315 e. The Kier molecular flexibility index (Phi) is 5.87. The van der Waals surface area contributed by atoms with Crippen LogP contribution in [-0.2, 0) is 19.6 Å². The predicted molar refractivity (Wildman–Crippen MR) is 104 cm³/mol. The summed E-state index contributed by atoms with van der Waals surface area (Å²) in [5.74, 6) is -1.71. The summed E-state index contributed by atoms with van der Waals surface area (Å²) in [7, 11) is -3.61. The number of hydrogen-bond donors (Lipinski definition) is 1. The van der Waals surface area contributed by atoms with E-state index in [0.29, 0.717) is 23.5 Å². The average molecular weight is 421 g/mol. The number of aryl methyl sites for hydroxylation is 2. The normalized spacial score (nSPS) is 19.3. The Morgan fingerprint density at radius 2 is 1.69 bits per heavy atom. The van der Waals surface area contributed by atoms with Gasteiger partial charge in [-0.05, 0) is 25.5 Å². The topological polar surface area (TPSA) is 99.5 Å². The van der Waals surface area contributed by atoms with Crippen LogP contribution in [0.5, 0.6) is 0 Å². The molecule has 0 saturated carbocycles. The lowest BCUT2D eigenvalue weighted by molar-refractivity contribution is -0.910. The fourth-order valence-corrected chi connectivity index (χ4v) is 5.28. The molecule has 10 heteroatoms. The van der Waals surface area contributed by atoms with Crippen LogP contribution in [0.2, 0.25) is 0 Å². The lowest BCUT2D eigenvalue weighted by Crippen LogP contribution is -3.16. The van der Waals surface area contributed by atoms with Gasteiger partial charge in [-0.3, -0.25) is 14.5 Å². The molecule has 0 atom stereocenters. The van der Waals surface area contributed by atoms with E-state index in [4.69, 9.17) is 0 Å². The molecular weight excluding hydrogens is 396 g/mol. The highest BCUT2D eigenvalue weighted by atomic mass is 32.2. The van der Waals surface area contributed by atoms with Crippen molar-refractivity contribution >= 4 is 27.9 Å². The van der Waals surface area contributed by atoms with Gasteiger partial charge in [-0.1, -0.05) is 23.8 Å². The second-order valence-electron chi connectivity index (χ2n) is 7.30. The Morgan fingerprint density at radius 1 is 1.07 bits per heavy atom. The number of amides is 4. The van der Waals surface area contributed by atoms with Gasteiger partial charge in [-0.15, -0.1) is 6.58 Å². The van der Waals surface area contributed by atoms with Crippen molar-refractivity contribution in [1.82, 2.24) is 14.1 Å². The largest absolute Gasteiger partial charge is 0.339 e. The van der Waals surface area contributed by atoms with Crippen molar-refractivity contribution in [1.29, 1.82) is 0 Å². The number of rotatable bonds is 6. The molecule has 1 aromatic rings. The van der Waals surface area contributed by atoms with Gasteiger partial charge in [0.15, 0.2) is 6.67 Å². The number of sulfonamides is 1. The van der Waals surface area contributed by atoms with E-state index in [0.717, 1.165) is 20.3 Å². The summed E-state index contributed by atoms with van der Waals surface area (Å²) in [5, 5.41) is 0. The lowest BCUT2D eigenvalue weighted by Gasteiger charge is -2.33. The molecular formula is C19H25N4O5S+. The first-order valence-corrected chi connectivity index (χ1v) is 10.8. The van der Waals surface area contributed by atoms with Crippen LogP contribution in [0.25, 0.3) is 0 Å². The van der Waals surface area contributed by atoms with Gasteiger partial charge in [0.1, 0.15) is 0 Å². The van der Waals surface area contributed by atoms with E-state index in [1.54, 1.807) is 19.1 Å². The molecule has 1 N–H and O–H groups in total. The van der Waals surface area contributed by atoms with E-state index in [2.05, 4.69) is 6.58 Å². The first kappa shape index (κ1) is 21.2. The minimum absolute atomic E-state index is 0.0167. The van der Waals surface area contributed by atoms with Crippen LogP contribution in [0.1, 0.15) is 11.1 Å². The van der Waals surface area contributed by atoms with E-state index in [1.807, 2.05) is 13.0 Å². The van der Waals surface area contributed by atoms with Gasteiger partial charge in [0.05, 0.1) is 31.1 Å². The standard InChI is InChI=1S/C19H24N4O5S/c1-4-7-22-17(24)18(25)23(19(22)26)13-20-8-10-21(11-9-20)29(27,28)16-6-5-14(2)12-15(16)3/h4-6,12H,1,7-11,13H2,2-3H3/p+1. The van der Waals surface area contributed by atoms with Gasteiger partial charge in [0.2, 0.25) is 10.0 Å². The average Bonchev–Trinajstić information content (AvgIpc) is 2.86. The first-order chi connectivity index (χ1) is 13.7. The Labute approximate surface area is 170 Å². The van der Waals surface area contributed by atoms with Crippen LogP contribution in [0, 0.1) is 13.8 Å². The van der Waals surface area contributed by atoms with Crippen molar-refractivity contribution in [2.24, 2.45) is 0 Å². The first-order valence-electron chi connectivity index (χ1n) is 9.36. The van der Waals surface area contributed by atoms with E-state index in [-0.39, 0.29) is 26.3 Å². The molecule has 2 saturated heterocycles. The summed E-state index contributed by atoms with van der Waals surface area (Å²) < 4.78 is 27.4. The van der Waals surface area contributed by atoms with Crippen molar-refractivity contribution < 1.29 is 27.7 Å². The molecule has 2 heterocycles. The second-order valence-corrected chi connectivity index (χ2v) is 9.21. The molecule has 3 rings (SSSR count). The summed E-state index contributed by atoms with van der Waals surface area (Å²) in [4.78, 5) is 39.3. The summed E-state index contributed by atoms with van der Waals surface area (Å²) in [6, 6.07) is 4.58. The maximum absolute atomic E-state index is 13.0. The molecule has 2 fully saturated rings. The zero-order chi connectivity index (χ0) is 21.3. The van der Waals surface area contributed by atoms with Crippen molar-refractivity contribution in [3.63, 3.8) is 0 Å². The molecule has 156 valence electrons. The number of hydrogen-bond acceptors (Lipinski definition) is 5. The van der Waals surface area contributed by atoms with Gasteiger partial charge in [-0.25, -0.2) is 18.1 Å². The predicted octanol–water partition coefficient (Wildman–Crippen LogP) is -0.873. The van der Waals surface area contributed by atoms with Crippen molar-refractivity contribution in [2.75, 3.05) is 39.4 Å². The minimum Gasteiger partial charge on any atom is -0.315 e. The Hall–Kier alpha value is -2.56. The molecule has 4 amide bonds. The molecule has 0 spiro atoms. The Bertz CT molecular complexity index is 967. The maximum Gasteiger partial charge on any atom is 0.339 e. The highest BCUT2D eigenvalue weighted by Crippen LogP contribution is 2.21. The Balaban J connectivity index is 1.65. The lowest BCUT2D eigenvalue weighted by atomic mass is 10.2. The molecule has 0 radical (unpaired) electrons. The van der Waals surface area contributed by atoms with Crippen LogP contribution in [0.4, 0.5) is 4.79 Å². The number of urea groups is 1. The molecule has 2 aliphatic heterocycles. The third-order valence-corrected chi connectivity index (χ3v) is 7.27. The minimum atomic E-state index is -3.61. The SMILES string of the molecule is C=CCN1C(=O)C(=O)N(C[NH+]2CCN(S(=O)(=O)c3ccc(C)cc3C)CC2)C1=O. The molecule has 2 aliphatic rings. The number of carbonyl (C=O) groups is 3. The number of carbonyl (C=O) groups excluding carboxylic acids is 3. The highest BCUT2D eigenvalue weighted by molar-refractivity contribution is 7.89. The number of imide groups is 2. The van der Waals surface area contributed by atoms with Crippen LogP contribution >= 0.6 is 0 Å². The van der Waals surface area contributed by atoms with Crippen LogP contribution in [-0.4, -0.2) is 79.8 Å². The molecule has 29 heavy (non-hydrogen) atoms. The van der Waals surface area contributed by atoms with Crippen molar-refractivity contribution in [3.8, 4) is 0 Å². The summed E-state index contributed by atoms with van der Waals surface area (Å²) >= 11 is 0. The number of piperazine rings is 1. The van der Waals surface area contributed by atoms with E-state index < -0.39 is 27.9 Å². The molecule has 0 unspecified atom stereocenters. The van der Waals surface area contributed by atoms with Crippen LogP contribution < -0.4 is 4.90 Å². The Morgan fingerprint density at radius 3 is 2.28 bits per heavy atom. The number of benzene rings is 1. The van der Waals surface area contributed by atoms with Gasteiger partial charge in [-0.2, -0.15) is 4.31 Å². The number of nitrogens with zero attached hydrogens (tertiary/aromatic N) is 3. The van der Waals surface area contributed by atoms with Gasteiger partial charge < -0.3 is 4.90 Å². The van der Waals surface area contributed by atoms with Gasteiger partial charge in [0, 0.05) is 6.54 Å². The van der Waals surface area contributed by atoms with Crippen molar-refractivity contribution in [3.05, 3.63) is 42.0 Å². The van der Waals surface area contributed by atoms with Gasteiger partial charge in [0.25, 0.3) is 0 Å². The molecule has 9 nitrogen and oxygen atoms in total. The quantitative estimate of drug-likeness (QED) is 0.366. The molecule has 0 aromatic heterocycles. The zero-order valence-corrected chi connectivity index (χ0v) is 17.4. The molecule has 0 aliphatic carbocycles. The molecule has 1 aromatic carbocycles. The maximum atomic E-state index is 13.0. The van der Waals surface area contributed by atoms with E-state index >= 15 is 0 Å². The van der Waals surface area contributed by atoms with E-state index in [9.17, 15) is 22.8 Å². The van der Waals surface area contributed by atoms with Crippen LogP contribution in [0.15, 0.2) is 35.7 Å². The number of nitrogens with one attached hydrogen (secondary N) is 1. The highest BCUT2D eigenvalue weighted by Gasteiger charge is 2.46. The van der Waals surface area contributed by atoms with Gasteiger partial charge >= 0.3 is 17.8 Å². The fourth-order valence-electron chi connectivity index (χ4n) is 3.63. The summed E-state index contributed by atoms with van der Waals surface area (Å²) in [5.41, 5.74) is 1.70. The third-order valence-electron chi connectivity index (χ3n) is 5.21.